The maximum atomic E-state index is 12.6. The van der Waals surface area contributed by atoms with Gasteiger partial charge in [0.05, 0.1) is 14.7 Å². The summed E-state index contributed by atoms with van der Waals surface area (Å²) < 4.78 is 25.2. The molecular weight excluding hydrogens is 374 g/mol. The van der Waals surface area contributed by atoms with Gasteiger partial charge in [0.1, 0.15) is 0 Å². The van der Waals surface area contributed by atoms with Crippen LogP contribution in [0.2, 0.25) is 0 Å². The molecule has 0 saturated carbocycles. The van der Waals surface area contributed by atoms with Crippen LogP contribution in [-0.4, -0.2) is 25.0 Å². The first-order chi connectivity index (χ1) is 12.2. The van der Waals surface area contributed by atoms with Crippen molar-refractivity contribution in [3.05, 3.63) is 58.6 Å². The number of non-ortho nitro benzene ring substituents is 1. The number of thiocarbonyl (C=S) groups is 1. The Hall–Kier alpha value is -2.52. The van der Waals surface area contributed by atoms with Crippen LogP contribution in [0, 0.1) is 16.0 Å². The van der Waals surface area contributed by atoms with E-state index < -0.39 is 14.8 Å². The quantitative estimate of drug-likeness (QED) is 0.441. The minimum atomic E-state index is -3.75. The highest BCUT2D eigenvalue weighted by molar-refractivity contribution is 7.91. The number of nitrogens with one attached hydrogen (secondary N) is 2. The lowest BCUT2D eigenvalue weighted by Crippen LogP contribution is -2.31. The Morgan fingerprint density at radius 2 is 1.58 bits per heavy atom. The number of anilines is 1. The average Bonchev–Trinajstić information content (AvgIpc) is 2.60. The summed E-state index contributed by atoms with van der Waals surface area (Å²) in [5, 5.41) is 17.2. The number of hydrogen-bond donors (Lipinski definition) is 2. The predicted octanol–water partition coefficient (Wildman–Crippen LogP) is 3.37. The molecule has 0 saturated heterocycles. The second kappa shape index (κ2) is 8.24. The number of hydrogen-bond acceptors (Lipinski definition) is 5. The van der Waals surface area contributed by atoms with Crippen LogP contribution in [-0.2, 0) is 9.84 Å². The molecule has 9 heteroatoms. The second-order valence-corrected chi connectivity index (χ2v) is 8.37. The zero-order valence-electron chi connectivity index (χ0n) is 14.3. The first kappa shape index (κ1) is 19.8. The molecule has 0 fully saturated rings. The fraction of sp³-hybridized carbons (Fsp3) is 0.235. The molecule has 0 spiro atoms. The van der Waals surface area contributed by atoms with E-state index in [2.05, 4.69) is 24.5 Å². The van der Waals surface area contributed by atoms with Crippen molar-refractivity contribution in [2.24, 2.45) is 5.92 Å². The lowest BCUT2D eigenvalue weighted by molar-refractivity contribution is -0.384. The van der Waals surface area contributed by atoms with Crippen molar-refractivity contribution in [3.8, 4) is 0 Å². The van der Waals surface area contributed by atoms with E-state index in [0.29, 0.717) is 16.7 Å². The van der Waals surface area contributed by atoms with Gasteiger partial charge in [0.2, 0.25) is 9.84 Å². The Labute approximate surface area is 157 Å². The van der Waals surface area contributed by atoms with E-state index in [1.54, 1.807) is 12.1 Å². The topological polar surface area (TPSA) is 101 Å². The van der Waals surface area contributed by atoms with Crippen molar-refractivity contribution in [1.29, 1.82) is 0 Å². The summed E-state index contributed by atoms with van der Waals surface area (Å²) in [6.07, 6.45) is 0. The summed E-state index contributed by atoms with van der Waals surface area (Å²) in [5.74, 6) is 0.448. The van der Waals surface area contributed by atoms with Crippen LogP contribution in [0.25, 0.3) is 0 Å². The van der Waals surface area contributed by atoms with Crippen molar-refractivity contribution >= 4 is 38.5 Å². The SMILES string of the molecule is CC(C)CNC(=S)Nc1ccc(S(=O)(=O)c2ccc([N+](=O)[O-])cc2)cc1. The molecule has 0 amide bonds. The van der Waals surface area contributed by atoms with Gasteiger partial charge in [-0.15, -0.1) is 0 Å². The maximum Gasteiger partial charge on any atom is 0.269 e. The molecule has 26 heavy (non-hydrogen) atoms. The molecule has 0 atom stereocenters. The molecule has 0 aliphatic rings. The van der Waals surface area contributed by atoms with Crippen molar-refractivity contribution < 1.29 is 13.3 Å². The van der Waals surface area contributed by atoms with E-state index >= 15 is 0 Å². The summed E-state index contributed by atoms with van der Waals surface area (Å²) >= 11 is 5.17. The summed E-state index contributed by atoms with van der Waals surface area (Å²) in [7, 11) is -3.75. The molecule has 0 radical (unpaired) electrons. The fourth-order valence-corrected chi connectivity index (χ4v) is 3.53. The zero-order chi connectivity index (χ0) is 19.3. The van der Waals surface area contributed by atoms with Gasteiger partial charge in [-0.05, 0) is 54.5 Å². The highest BCUT2D eigenvalue weighted by Crippen LogP contribution is 2.24. The van der Waals surface area contributed by atoms with Gasteiger partial charge in [0, 0.05) is 24.4 Å². The molecule has 138 valence electrons. The Kier molecular flexibility index (Phi) is 6.27. The van der Waals surface area contributed by atoms with E-state index in [9.17, 15) is 18.5 Å². The second-order valence-electron chi connectivity index (χ2n) is 6.01. The molecule has 0 aromatic heterocycles. The first-order valence-corrected chi connectivity index (χ1v) is 9.74. The maximum absolute atomic E-state index is 12.6. The molecule has 0 unspecified atom stereocenters. The monoisotopic (exact) mass is 393 g/mol. The van der Waals surface area contributed by atoms with Crippen LogP contribution < -0.4 is 10.6 Å². The van der Waals surface area contributed by atoms with E-state index in [1.165, 1.54) is 36.4 Å². The van der Waals surface area contributed by atoms with Gasteiger partial charge in [-0.1, -0.05) is 13.8 Å². The molecule has 0 aliphatic carbocycles. The molecule has 2 aromatic rings. The summed E-state index contributed by atoms with van der Waals surface area (Å²) in [5.41, 5.74) is 0.500. The summed E-state index contributed by atoms with van der Waals surface area (Å²) in [4.78, 5) is 10.2. The van der Waals surface area contributed by atoms with Gasteiger partial charge >= 0.3 is 0 Å². The standard InChI is InChI=1S/C17H19N3O4S2/c1-12(2)11-18-17(25)19-13-3-7-15(8-4-13)26(23,24)16-9-5-14(6-10-16)20(21)22/h3-10,12H,11H2,1-2H3,(H2,18,19,25). The van der Waals surface area contributed by atoms with Crippen LogP contribution in [0.1, 0.15) is 13.8 Å². The van der Waals surface area contributed by atoms with E-state index in [1.807, 2.05) is 0 Å². The smallest absolute Gasteiger partial charge is 0.269 e. The molecule has 2 rings (SSSR count). The third-order valence-electron chi connectivity index (χ3n) is 3.45. The zero-order valence-corrected chi connectivity index (χ0v) is 15.9. The minimum absolute atomic E-state index is 0.00192. The van der Waals surface area contributed by atoms with Gasteiger partial charge in [-0.25, -0.2) is 8.42 Å². The normalized spacial score (nSPS) is 11.2. The Morgan fingerprint density at radius 1 is 1.08 bits per heavy atom. The highest BCUT2D eigenvalue weighted by Gasteiger charge is 2.18. The molecule has 0 bridgehead atoms. The van der Waals surface area contributed by atoms with Crippen molar-refractivity contribution in [3.63, 3.8) is 0 Å². The average molecular weight is 393 g/mol. The summed E-state index contributed by atoms with van der Waals surface area (Å²) in [6.45, 7) is 4.86. The number of nitrogens with zero attached hydrogens (tertiary/aromatic N) is 1. The fourth-order valence-electron chi connectivity index (χ4n) is 2.07. The molecular formula is C17H19N3O4S2. The van der Waals surface area contributed by atoms with Gasteiger partial charge in [-0.3, -0.25) is 10.1 Å². The van der Waals surface area contributed by atoms with Crippen LogP contribution >= 0.6 is 12.2 Å². The summed E-state index contributed by atoms with van der Waals surface area (Å²) in [6, 6.07) is 10.9. The third-order valence-corrected chi connectivity index (χ3v) is 5.48. The molecule has 0 heterocycles. The number of nitro benzene ring substituents is 1. The van der Waals surface area contributed by atoms with Gasteiger partial charge in [0.25, 0.3) is 5.69 Å². The van der Waals surface area contributed by atoms with E-state index in [0.717, 1.165) is 6.54 Å². The van der Waals surface area contributed by atoms with Crippen LogP contribution in [0.15, 0.2) is 58.3 Å². The Balaban J connectivity index is 2.13. The molecule has 2 N–H and O–H groups in total. The lowest BCUT2D eigenvalue weighted by atomic mass is 10.2. The molecule has 2 aromatic carbocycles. The highest BCUT2D eigenvalue weighted by atomic mass is 32.2. The Bertz CT molecular complexity index is 893. The number of nitro groups is 1. The van der Waals surface area contributed by atoms with Gasteiger partial charge < -0.3 is 10.6 Å². The van der Waals surface area contributed by atoms with Crippen LogP contribution in [0.3, 0.4) is 0 Å². The van der Waals surface area contributed by atoms with E-state index in [-0.39, 0.29) is 15.5 Å². The molecule has 0 aliphatic heterocycles. The van der Waals surface area contributed by atoms with Crippen molar-refractivity contribution in [1.82, 2.24) is 5.32 Å². The van der Waals surface area contributed by atoms with Crippen molar-refractivity contribution in [2.45, 2.75) is 23.6 Å². The van der Waals surface area contributed by atoms with Crippen molar-refractivity contribution in [2.75, 3.05) is 11.9 Å². The predicted molar refractivity (Wildman–Crippen MR) is 104 cm³/mol. The van der Waals surface area contributed by atoms with E-state index in [4.69, 9.17) is 12.2 Å². The van der Waals surface area contributed by atoms with Gasteiger partial charge in [-0.2, -0.15) is 0 Å². The van der Waals surface area contributed by atoms with Crippen LogP contribution in [0.5, 0.6) is 0 Å². The number of sulfone groups is 1. The largest absolute Gasteiger partial charge is 0.362 e. The molecule has 7 nitrogen and oxygen atoms in total. The third kappa shape index (κ3) is 4.99. The first-order valence-electron chi connectivity index (χ1n) is 7.84. The minimum Gasteiger partial charge on any atom is -0.362 e. The number of benzene rings is 2. The Morgan fingerprint density at radius 3 is 2.04 bits per heavy atom. The number of rotatable bonds is 6. The lowest BCUT2D eigenvalue weighted by Gasteiger charge is -2.12. The van der Waals surface area contributed by atoms with Crippen LogP contribution in [0.4, 0.5) is 11.4 Å². The van der Waals surface area contributed by atoms with Gasteiger partial charge in [0.15, 0.2) is 5.11 Å².